The number of halogens is 3. The van der Waals surface area contributed by atoms with E-state index in [1.165, 1.54) is 6.07 Å². The molecule has 0 spiro atoms. The van der Waals surface area contributed by atoms with Gasteiger partial charge in [-0.15, -0.1) is 0 Å². The second kappa shape index (κ2) is 5.73. The minimum atomic E-state index is -4.29. The van der Waals surface area contributed by atoms with Crippen LogP contribution < -0.4 is 0 Å². The summed E-state index contributed by atoms with van der Waals surface area (Å²) in [7, 11) is 0. The van der Waals surface area contributed by atoms with Crippen molar-refractivity contribution in [2.24, 2.45) is 0 Å². The maximum absolute atomic E-state index is 12.1. The van der Waals surface area contributed by atoms with Crippen molar-refractivity contribution in [3.8, 4) is 0 Å². The van der Waals surface area contributed by atoms with Crippen molar-refractivity contribution >= 4 is 0 Å². The highest BCUT2D eigenvalue weighted by Gasteiger charge is 2.30. The first kappa shape index (κ1) is 13.9. The van der Waals surface area contributed by atoms with E-state index in [9.17, 15) is 13.2 Å². The highest BCUT2D eigenvalue weighted by atomic mass is 19.4. The first-order valence-corrected chi connectivity index (χ1v) is 4.94. The molecule has 0 N–H and O–H groups in total. The first-order chi connectivity index (χ1) is 6.91. The Bertz CT molecular complexity index is 275. The van der Waals surface area contributed by atoms with Crippen molar-refractivity contribution in [2.45, 2.75) is 39.8 Å². The molecule has 0 aromatic carbocycles. The molecule has 4 heteroatoms. The van der Waals surface area contributed by atoms with Crippen molar-refractivity contribution < 1.29 is 13.2 Å². The van der Waals surface area contributed by atoms with E-state index in [4.69, 9.17) is 0 Å². The molecule has 0 aliphatic rings. The molecule has 0 saturated carbocycles. The maximum Gasteiger partial charge on any atom is 0.417 e. The molecular weight excluding hydrogens is 203 g/mol. The molecule has 0 saturated heterocycles. The molecule has 1 aromatic heterocycles. The van der Waals surface area contributed by atoms with Gasteiger partial charge in [-0.25, -0.2) is 0 Å². The quantitative estimate of drug-likeness (QED) is 0.688. The molecule has 1 nitrogen and oxygen atoms in total. The van der Waals surface area contributed by atoms with Gasteiger partial charge in [-0.2, -0.15) is 13.2 Å². The van der Waals surface area contributed by atoms with Gasteiger partial charge in [0.25, 0.3) is 0 Å². The van der Waals surface area contributed by atoms with Crippen LogP contribution in [0.5, 0.6) is 0 Å². The Balaban J connectivity index is 0.000000921. The van der Waals surface area contributed by atoms with Crippen LogP contribution in [-0.2, 0) is 6.18 Å². The molecule has 0 radical (unpaired) electrons. The van der Waals surface area contributed by atoms with Crippen molar-refractivity contribution in [2.75, 3.05) is 0 Å². The Morgan fingerprint density at radius 2 is 1.67 bits per heavy atom. The topological polar surface area (TPSA) is 12.9 Å². The van der Waals surface area contributed by atoms with Gasteiger partial charge in [0.2, 0.25) is 0 Å². The minimum absolute atomic E-state index is 0.155. The lowest BCUT2D eigenvalue weighted by atomic mass is 10.1. The van der Waals surface area contributed by atoms with Crippen LogP contribution in [0.15, 0.2) is 18.3 Å². The second-order valence-electron chi connectivity index (χ2n) is 3.12. The first-order valence-electron chi connectivity index (χ1n) is 4.94. The van der Waals surface area contributed by atoms with E-state index in [0.717, 1.165) is 12.3 Å². The van der Waals surface area contributed by atoms with Crippen molar-refractivity contribution in [3.63, 3.8) is 0 Å². The van der Waals surface area contributed by atoms with Gasteiger partial charge >= 0.3 is 6.18 Å². The second-order valence-corrected chi connectivity index (χ2v) is 3.12. The van der Waals surface area contributed by atoms with Crippen LogP contribution in [0.1, 0.15) is 44.9 Å². The lowest BCUT2D eigenvalue weighted by molar-refractivity contribution is -0.137. The molecule has 0 atom stereocenters. The summed E-state index contributed by atoms with van der Waals surface area (Å²) < 4.78 is 36.2. The Labute approximate surface area is 88.3 Å². The predicted molar refractivity (Wildman–Crippen MR) is 54.7 cm³/mol. The highest BCUT2D eigenvalue weighted by Crippen LogP contribution is 2.28. The number of alkyl halides is 3. The third-order valence-electron chi connectivity index (χ3n) is 1.71. The molecule has 0 aliphatic heterocycles. The van der Waals surface area contributed by atoms with E-state index in [2.05, 4.69) is 4.98 Å². The largest absolute Gasteiger partial charge is 0.417 e. The maximum atomic E-state index is 12.1. The van der Waals surface area contributed by atoms with Crippen LogP contribution in [0.4, 0.5) is 13.2 Å². The molecule has 0 amide bonds. The van der Waals surface area contributed by atoms with Gasteiger partial charge in [0.15, 0.2) is 0 Å². The molecule has 0 fully saturated rings. The summed E-state index contributed by atoms with van der Waals surface area (Å²) in [4.78, 5) is 3.72. The van der Waals surface area contributed by atoms with E-state index < -0.39 is 11.7 Å². The van der Waals surface area contributed by atoms with Gasteiger partial charge < -0.3 is 0 Å². The Morgan fingerprint density at radius 3 is 1.93 bits per heavy atom. The fraction of sp³-hybridized carbons (Fsp3) is 0.545. The zero-order chi connectivity index (χ0) is 12.1. The minimum Gasteiger partial charge on any atom is -0.260 e. The van der Waals surface area contributed by atoms with Gasteiger partial charge in [-0.1, -0.05) is 27.7 Å². The summed E-state index contributed by atoms with van der Waals surface area (Å²) in [6, 6.07) is 2.47. The number of aromatic nitrogens is 1. The summed E-state index contributed by atoms with van der Waals surface area (Å²) in [6.45, 7) is 7.77. The molecule has 1 heterocycles. The zero-order valence-electron chi connectivity index (χ0n) is 9.39. The lowest BCUT2D eigenvalue weighted by Crippen LogP contribution is -2.06. The van der Waals surface area contributed by atoms with Gasteiger partial charge in [0.05, 0.1) is 5.56 Å². The third-order valence-corrected chi connectivity index (χ3v) is 1.71. The monoisotopic (exact) mass is 219 g/mol. The van der Waals surface area contributed by atoms with Crippen molar-refractivity contribution in [1.29, 1.82) is 0 Å². The highest BCUT2D eigenvalue weighted by molar-refractivity contribution is 5.18. The number of pyridine rings is 1. The van der Waals surface area contributed by atoms with Crippen LogP contribution in [0.3, 0.4) is 0 Å². The number of rotatable bonds is 1. The number of hydrogen-bond donors (Lipinski definition) is 0. The number of hydrogen-bond acceptors (Lipinski definition) is 1. The molecular formula is C11H16F3N. The average Bonchev–Trinajstić information content (AvgIpc) is 2.20. The molecule has 0 bridgehead atoms. The summed E-state index contributed by atoms with van der Waals surface area (Å²) in [5.41, 5.74) is -0.0232. The summed E-state index contributed by atoms with van der Waals surface area (Å²) >= 11 is 0. The third kappa shape index (κ3) is 4.32. The summed E-state index contributed by atoms with van der Waals surface area (Å²) in [5.74, 6) is 0.155. The molecule has 1 aromatic rings. The summed E-state index contributed by atoms with van der Waals surface area (Å²) in [6.07, 6.45) is -3.42. The predicted octanol–water partition coefficient (Wildman–Crippen LogP) is 4.25. The van der Waals surface area contributed by atoms with Crippen LogP contribution >= 0.6 is 0 Å². The Hall–Kier alpha value is -1.06. The molecule has 0 unspecified atom stereocenters. The fourth-order valence-corrected chi connectivity index (χ4v) is 0.915. The smallest absolute Gasteiger partial charge is 0.260 e. The van der Waals surface area contributed by atoms with Gasteiger partial charge in [-0.3, -0.25) is 4.98 Å². The summed E-state index contributed by atoms with van der Waals surface area (Å²) in [5, 5.41) is 0. The normalized spacial score (nSPS) is 10.9. The van der Waals surface area contributed by atoms with Gasteiger partial charge in [-0.05, 0) is 18.1 Å². The van der Waals surface area contributed by atoms with E-state index in [0.29, 0.717) is 5.69 Å². The van der Waals surface area contributed by atoms with Crippen LogP contribution in [0.25, 0.3) is 0 Å². The molecule has 86 valence electrons. The fourth-order valence-electron chi connectivity index (χ4n) is 0.915. The molecule has 15 heavy (non-hydrogen) atoms. The van der Waals surface area contributed by atoms with Crippen LogP contribution in [0, 0.1) is 0 Å². The average molecular weight is 219 g/mol. The Morgan fingerprint density at radius 1 is 1.13 bits per heavy atom. The van der Waals surface area contributed by atoms with Crippen molar-refractivity contribution in [3.05, 3.63) is 29.6 Å². The van der Waals surface area contributed by atoms with Crippen LogP contribution in [0.2, 0.25) is 0 Å². The van der Waals surface area contributed by atoms with Gasteiger partial charge in [0, 0.05) is 11.9 Å². The molecule has 0 aliphatic carbocycles. The number of nitrogens with zero attached hydrogens (tertiary/aromatic N) is 1. The Kier molecular flexibility index (Phi) is 5.33. The lowest BCUT2D eigenvalue weighted by Gasteiger charge is -2.08. The van der Waals surface area contributed by atoms with E-state index >= 15 is 0 Å². The SMILES string of the molecule is CC.CC(C)c1ccc(C(F)(F)F)cn1. The zero-order valence-corrected chi connectivity index (χ0v) is 9.39. The van der Waals surface area contributed by atoms with E-state index in [-0.39, 0.29) is 5.92 Å². The van der Waals surface area contributed by atoms with E-state index in [1.54, 1.807) is 0 Å². The van der Waals surface area contributed by atoms with E-state index in [1.807, 2.05) is 27.7 Å². The molecule has 1 rings (SSSR count). The standard InChI is InChI=1S/C9H10F3N.C2H6/c1-6(2)8-4-3-7(5-13-8)9(10,11)12;1-2/h3-6H,1-2H3;1-2H3. The van der Waals surface area contributed by atoms with Crippen LogP contribution in [-0.4, -0.2) is 4.98 Å². The van der Waals surface area contributed by atoms with Gasteiger partial charge in [0.1, 0.15) is 0 Å². The van der Waals surface area contributed by atoms with Crippen molar-refractivity contribution in [1.82, 2.24) is 4.98 Å².